The zero-order valence-electron chi connectivity index (χ0n) is 15.5. The minimum Gasteiger partial charge on any atom is -0.351 e. The highest BCUT2D eigenvalue weighted by molar-refractivity contribution is 7.17. The Kier molecular flexibility index (Phi) is 5.62. The van der Waals surface area contributed by atoms with Crippen molar-refractivity contribution in [2.45, 2.75) is 25.9 Å². The zero-order valence-corrected chi connectivity index (χ0v) is 16.3. The molecule has 5 nitrogen and oxygen atoms in total. The van der Waals surface area contributed by atoms with Gasteiger partial charge in [-0.3, -0.25) is 4.79 Å². The van der Waals surface area contributed by atoms with Crippen molar-refractivity contribution in [3.05, 3.63) is 28.3 Å². The van der Waals surface area contributed by atoms with Gasteiger partial charge in [0.2, 0.25) is 5.76 Å². The van der Waals surface area contributed by atoms with Crippen LogP contribution in [0.15, 0.2) is 16.7 Å². The summed E-state index contributed by atoms with van der Waals surface area (Å²) in [6.45, 7) is 3.66. The van der Waals surface area contributed by atoms with E-state index in [2.05, 4.69) is 14.6 Å². The number of hydrogen-bond acceptors (Lipinski definition) is 5. The number of aromatic nitrogens is 1. The highest BCUT2D eigenvalue weighted by Gasteiger charge is 2.39. The predicted octanol–water partition coefficient (Wildman–Crippen LogP) is 4.14. The van der Waals surface area contributed by atoms with Gasteiger partial charge in [-0.1, -0.05) is 5.16 Å². The number of piperidine rings is 1. The molecule has 1 aliphatic rings. The lowest BCUT2D eigenvalue weighted by Gasteiger charge is -2.33. The van der Waals surface area contributed by atoms with Crippen molar-refractivity contribution < 1.29 is 22.5 Å². The summed E-state index contributed by atoms with van der Waals surface area (Å²) in [6.07, 6.45) is -2.53. The third kappa shape index (κ3) is 4.35. The Morgan fingerprint density at radius 3 is 2.78 bits per heavy atom. The van der Waals surface area contributed by atoms with Crippen LogP contribution in [0.4, 0.5) is 13.2 Å². The van der Waals surface area contributed by atoms with Gasteiger partial charge in [0, 0.05) is 25.2 Å². The molecule has 1 aliphatic heterocycles. The van der Waals surface area contributed by atoms with Crippen LogP contribution in [0.5, 0.6) is 0 Å². The smallest absolute Gasteiger partial charge is 0.351 e. The van der Waals surface area contributed by atoms with Crippen LogP contribution < -0.4 is 0 Å². The molecule has 1 fully saturated rings. The first kappa shape index (κ1) is 19.9. The lowest BCUT2D eigenvalue weighted by atomic mass is 9.97. The van der Waals surface area contributed by atoms with Gasteiger partial charge in [0.15, 0.2) is 0 Å². The number of hydrogen-bond donors (Lipinski definition) is 0. The number of alkyl halides is 3. The summed E-state index contributed by atoms with van der Waals surface area (Å²) in [5.41, 5.74) is 0.0721. The predicted molar refractivity (Wildman–Crippen MR) is 96.7 cm³/mol. The number of thiophene rings is 1. The average molecular weight is 401 g/mol. The molecular formula is C18H22F3N3O2S. The maximum Gasteiger partial charge on any atom is 0.452 e. The van der Waals surface area contributed by atoms with Gasteiger partial charge < -0.3 is 14.3 Å². The monoisotopic (exact) mass is 401 g/mol. The van der Waals surface area contributed by atoms with Crippen LogP contribution in [0, 0.1) is 12.8 Å². The molecule has 0 bridgehead atoms. The standard InChI is InChI=1S/C18H22F3N3O2S/c1-11-15(22-26-16(11)18(19,20)21)13-6-7-14(27-13)17(25)24-8-4-5-12(10-24)9-23(2)3/h6-7,12H,4-5,8-10H2,1-3H3. The highest BCUT2D eigenvalue weighted by atomic mass is 32.1. The van der Waals surface area contributed by atoms with Crippen molar-refractivity contribution in [3.8, 4) is 10.6 Å². The van der Waals surface area contributed by atoms with E-state index in [4.69, 9.17) is 0 Å². The molecule has 2 aromatic heterocycles. The van der Waals surface area contributed by atoms with Gasteiger partial charge in [-0.15, -0.1) is 11.3 Å². The van der Waals surface area contributed by atoms with Crippen LogP contribution in [0.25, 0.3) is 10.6 Å². The number of carbonyl (C=O) groups excluding carboxylic acids is 1. The first-order valence-corrected chi connectivity index (χ1v) is 9.56. The Bertz CT molecular complexity index is 813. The molecule has 1 atom stereocenters. The van der Waals surface area contributed by atoms with E-state index in [1.807, 2.05) is 19.0 Å². The Morgan fingerprint density at radius 1 is 1.41 bits per heavy atom. The zero-order chi connectivity index (χ0) is 19.8. The highest BCUT2D eigenvalue weighted by Crippen LogP contribution is 2.38. The van der Waals surface area contributed by atoms with Crippen LogP contribution in [0.1, 0.15) is 33.8 Å². The Morgan fingerprint density at radius 2 is 2.15 bits per heavy atom. The third-order valence-electron chi connectivity index (χ3n) is 4.66. The van der Waals surface area contributed by atoms with Gasteiger partial charge >= 0.3 is 6.18 Å². The van der Waals surface area contributed by atoms with Crippen molar-refractivity contribution in [2.75, 3.05) is 33.7 Å². The minimum atomic E-state index is -4.58. The summed E-state index contributed by atoms with van der Waals surface area (Å²) < 4.78 is 43.1. The minimum absolute atomic E-state index is 0.0626. The first-order chi connectivity index (χ1) is 12.7. The lowest BCUT2D eigenvalue weighted by Crippen LogP contribution is -2.42. The van der Waals surface area contributed by atoms with Gasteiger partial charge in [-0.25, -0.2) is 0 Å². The molecule has 3 heterocycles. The van der Waals surface area contributed by atoms with E-state index in [1.165, 1.54) is 6.92 Å². The molecule has 0 radical (unpaired) electrons. The molecule has 0 N–H and O–H groups in total. The molecule has 27 heavy (non-hydrogen) atoms. The molecule has 1 amide bonds. The molecular weight excluding hydrogens is 379 g/mol. The van der Waals surface area contributed by atoms with Crippen molar-refractivity contribution in [1.82, 2.24) is 15.0 Å². The molecule has 1 saturated heterocycles. The van der Waals surface area contributed by atoms with Crippen LogP contribution in [-0.2, 0) is 6.18 Å². The van der Waals surface area contributed by atoms with Gasteiger partial charge in [0.05, 0.1) is 9.75 Å². The summed E-state index contributed by atoms with van der Waals surface area (Å²) in [5, 5.41) is 3.57. The van der Waals surface area contributed by atoms with Crippen molar-refractivity contribution >= 4 is 17.2 Å². The van der Waals surface area contributed by atoms with E-state index in [0.717, 1.165) is 30.7 Å². The Labute approximate surface area is 159 Å². The first-order valence-electron chi connectivity index (χ1n) is 8.74. The number of rotatable bonds is 4. The molecule has 0 spiro atoms. The van der Waals surface area contributed by atoms with E-state index < -0.39 is 11.9 Å². The Hall–Kier alpha value is -1.87. The summed E-state index contributed by atoms with van der Waals surface area (Å²) in [4.78, 5) is 17.8. The second-order valence-corrected chi connectivity index (χ2v) is 8.25. The summed E-state index contributed by atoms with van der Waals surface area (Å²) >= 11 is 1.15. The van der Waals surface area contributed by atoms with E-state index in [-0.39, 0.29) is 17.2 Å². The van der Waals surface area contributed by atoms with Gasteiger partial charge in [-0.2, -0.15) is 13.2 Å². The fourth-order valence-electron chi connectivity index (χ4n) is 3.48. The van der Waals surface area contributed by atoms with Gasteiger partial charge in [0.25, 0.3) is 5.91 Å². The fourth-order valence-corrected chi connectivity index (χ4v) is 4.49. The van der Waals surface area contributed by atoms with Crippen molar-refractivity contribution in [3.63, 3.8) is 0 Å². The van der Waals surface area contributed by atoms with Gasteiger partial charge in [-0.05, 0) is 51.9 Å². The molecule has 9 heteroatoms. The largest absolute Gasteiger partial charge is 0.452 e. The fraction of sp³-hybridized carbons (Fsp3) is 0.556. The molecule has 0 saturated carbocycles. The SMILES string of the molecule is Cc1c(-c2ccc(C(=O)N3CCCC(CN(C)C)C3)s2)noc1C(F)(F)F. The topological polar surface area (TPSA) is 49.6 Å². The second kappa shape index (κ2) is 7.63. The van der Waals surface area contributed by atoms with Crippen LogP contribution in [-0.4, -0.2) is 54.6 Å². The number of likely N-dealkylation sites (tertiary alicyclic amines) is 1. The van der Waals surface area contributed by atoms with Crippen LogP contribution in [0.2, 0.25) is 0 Å². The summed E-state index contributed by atoms with van der Waals surface area (Å²) in [6, 6.07) is 3.28. The van der Waals surface area contributed by atoms with Gasteiger partial charge in [0.1, 0.15) is 5.69 Å². The normalized spacial score (nSPS) is 18.3. The number of amides is 1. The van der Waals surface area contributed by atoms with Crippen molar-refractivity contribution in [2.24, 2.45) is 5.92 Å². The molecule has 148 valence electrons. The second-order valence-electron chi connectivity index (χ2n) is 7.17. The van der Waals surface area contributed by atoms with E-state index in [0.29, 0.717) is 28.8 Å². The quantitative estimate of drug-likeness (QED) is 0.773. The summed E-state index contributed by atoms with van der Waals surface area (Å²) in [5.74, 6) is -0.738. The molecule has 1 unspecified atom stereocenters. The molecule has 0 aliphatic carbocycles. The number of carbonyl (C=O) groups is 1. The average Bonchev–Trinajstić information content (AvgIpc) is 3.19. The van der Waals surface area contributed by atoms with Crippen LogP contribution >= 0.6 is 11.3 Å². The summed E-state index contributed by atoms with van der Waals surface area (Å²) in [7, 11) is 4.03. The molecule has 2 aromatic rings. The maximum absolute atomic E-state index is 12.9. The molecule has 3 rings (SSSR count). The number of halogens is 3. The number of nitrogens with zero attached hydrogens (tertiary/aromatic N) is 3. The van der Waals surface area contributed by atoms with E-state index in [9.17, 15) is 18.0 Å². The lowest BCUT2D eigenvalue weighted by molar-refractivity contribution is -0.156. The maximum atomic E-state index is 12.9. The molecule has 0 aromatic carbocycles. The van der Waals surface area contributed by atoms with E-state index >= 15 is 0 Å². The Balaban J connectivity index is 1.76. The van der Waals surface area contributed by atoms with Crippen molar-refractivity contribution in [1.29, 1.82) is 0 Å². The van der Waals surface area contributed by atoms with E-state index in [1.54, 1.807) is 12.1 Å². The van der Waals surface area contributed by atoms with Crippen LogP contribution in [0.3, 0.4) is 0 Å². The third-order valence-corrected chi connectivity index (χ3v) is 5.74.